The average Bonchev–Trinajstić information content (AvgIpc) is 2.93. The van der Waals surface area contributed by atoms with E-state index in [1.807, 2.05) is 0 Å². The zero-order valence-corrected chi connectivity index (χ0v) is 12.5. The Bertz CT molecular complexity index is 671. The number of ether oxygens (including phenoxy) is 1. The summed E-state index contributed by atoms with van der Waals surface area (Å²) in [4.78, 5) is 10.7. The molecule has 1 aliphatic carbocycles. The summed E-state index contributed by atoms with van der Waals surface area (Å²) in [6, 6.07) is 0. The van der Waals surface area contributed by atoms with Gasteiger partial charge in [0.05, 0.1) is 12.0 Å². The molecular weight excluding hydrogens is 325 g/mol. The molecule has 0 saturated heterocycles. The molecule has 2 aromatic rings. The van der Waals surface area contributed by atoms with Crippen LogP contribution >= 0.6 is 22.9 Å². The van der Waals surface area contributed by atoms with Gasteiger partial charge in [0.1, 0.15) is 22.4 Å². The van der Waals surface area contributed by atoms with Crippen molar-refractivity contribution in [2.75, 3.05) is 13.2 Å². The van der Waals surface area contributed by atoms with E-state index in [4.69, 9.17) is 11.6 Å². The molecule has 8 heteroatoms. The van der Waals surface area contributed by atoms with Crippen LogP contribution in [0.3, 0.4) is 0 Å². The molecule has 0 amide bonds. The molecule has 0 aliphatic heterocycles. The molecule has 3 rings (SSSR count). The lowest BCUT2D eigenvalue weighted by molar-refractivity contribution is -0.173. The van der Waals surface area contributed by atoms with E-state index in [-0.39, 0.29) is 13.0 Å². The van der Waals surface area contributed by atoms with E-state index < -0.39 is 12.8 Å². The fourth-order valence-electron chi connectivity index (χ4n) is 2.46. The van der Waals surface area contributed by atoms with Crippen molar-refractivity contribution in [1.82, 2.24) is 9.97 Å². The molecule has 0 aromatic carbocycles. The molecule has 0 spiro atoms. The van der Waals surface area contributed by atoms with Crippen LogP contribution in [0.15, 0.2) is 0 Å². The molecule has 0 saturated carbocycles. The maximum Gasteiger partial charge on any atom is 0.411 e. The molecule has 114 valence electrons. The van der Waals surface area contributed by atoms with Gasteiger partial charge in [0.2, 0.25) is 0 Å². The third kappa shape index (κ3) is 3.30. The van der Waals surface area contributed by atoms with Gasteiger partial charge in [-0.15, -0.1) is 11.3 Å². The molecule has 2 heterocycles. The maximum atomic E-state index is 12.0. The molecule has 0 N–H and O–H groups in total. The number of alkyl halides is 3. The predicted octanol–water partition coefficient (Wildman–Crippen LogP) is 3.95. The Morgan fingerprint density at radius 3 is 2.81 bits per heavy atom. The van der Waals surface area contributed by atoms with Crippen molar-refractivity contribution in [2.24, 2.45) is 0 Å². The molecule has 0 fully saturated rings. The van der Waals surface area contributed by atoms with Crippen LogP contribution in [-0.2, 0) is 24.0 Å². The van der Waals surface area contributed by atoms with Crippen molar-refractivity contribution in [3.8, 4) is 0 Å². The van der Waals surface area contributed by atoms with Crippen molar-refractivity contribution < 1.29 is 17.9 Å². The van der Waals surface area contributed by atoms with Gasteiger partial charge in [0, 0.05) is 11.3 Å². The number of hydrogen-bond donors (Lipinski definition) is 0. The topological polar surface area (TPSA) is 35.0 Å². The number of fused-ring (bicyclic) bond motifs is 3. The van der Waals surface area contributed by atoms with Gasteiger partial charge >= 0.3 is 6.18 Å². The third-order valence-electron chi connectivity index (χ3n) is 3.30. The smallest absolute Gasteiger partial charge is 0.372 e. The molecule has 2 aromatic heterocycles. The van der Waals surface area contributed by atoms with Crippen LogP contribution in [0.2, 0.25) is 5.15 Å². The number of halogens is 4. The minimum atomic E-state index is -4.31. The van der Waals surface area contributed by atoms with Crippen LogP contribution in [0.4, 0.5) is 13.2 Å². The summed E-state index contributed by atoms with van der Waals surface area (Å²) < 4.78 is 40.5. The summed E-state index contributed by atoms with van der Waals surface area (Å²) in [6.45, 7) is -1.33. The first-order valence-corrected chi connectivity index (χ1v) is 7.74. The number of hydrogen-bond acceptors (Lipinski definition) is 4. The van der Waals surface area contributed by atoms with Gasteiger partial charge in [0.15, 0.2) is 0 Å². The quantitative estimate of drug-likeness (QED) is 0.626. The van der Waals surface area contributed by atoms with Crippen LogP contribution < -0.4 is 0 Å². The lowest BCUT2D eigenvalue weighted by Gasteiger charge is -2.07. The Morgan fingerprint density at radius 1 is 1.24 bits per heavy atom. The first-order valence-electron chi connectivity index (χ1n) is 6.55. The van der Waals surface area contributed by atoms with E-state index in [1.54, 1.807) is 11.3 Å². The van der Waals surface area contributed by atoms with Crippen LogP contribution in [0, 0.1) is 0 Å². The highest BCUT2D eigenvalue weighted by Gasteiger charge is 2.27. The van der Waals surface area contributed by atoms with Crippen molar-refractivity contribution in [2.45, 2.75) is 31.9 Å². The molecule has 3 nitrogen and oxygen atoms in total. The largest absolute Gasteiger partial charge is 0.411 e. The van der Waals surface area contributed by atoms with E-state index in [9.17, 15) is 13.2 Å². The standard InChI is InChI=1S/C13H12ClF3N2OS/c14-11-10-7-2-1-3-8(7)21-12(10)19-9(18-11)4-5-20-6-13(15,16)17/h1-6H2. The highest BCUT2D eigenvalue weighted by molar-refractivity contribution is 7.19. The summed E-state index contributed by atoms with van der Waals surface area (Å²) in [7, 11) is 0. The van der Waals surface area contributed by atoms with Gasteiger partial charge in [0.25, 0.3) is 0 Å². The summed E-state index contributed by atoms with van der Waals surface area (Å²) in [5.74, 6) is 0.426. The summed E-state index contributed by atoms with van der Waals surface area (Å²) in [5.41, 5.74) is 1.24. The van der Waals surface area contributed by atoms with Gasteiger partial charge in [-0.3, -0.25) is 0 Å². The molecule has 0 unspecified atom stereocenters. The lowest BCUT2D eigenvalue weighted by atomic mass is 10.2. The number of thiophene rings is 1. The lowest BCUT2D eigenvalue weighted by Crippen LogP contribution is -2.18. The molecule has 0 bridgehead atoms. The minimum Gasteiger partial charge on any atom is -0.372 e. The van der Waals surface area contributed by atoms with Crippen molar-refractivity contribution in [3.63, 3.8) is 0 Å². The van der Waals surface area contributed by atoms with E-state index >= 15 is 0 Å². The van der Waals surface area contributed by atoms with Gasteiger partial charge in [-0.25, -0.2) is 9.97 Å². The number of nitrogens with zero attached hydrogens (tertiary/aromatic N) is 2. The first-order chi connectivity index (χ1) is 9.94. The van der Waals surface area contributed by atoms with E-state index in [2.05, 4.69) is 14.7 Å². The second-order valence-electron chi connectivity index (χ2n) is 4.89. The fourth-order valence-corrected chi connectivity index (χ4v) is 4.09. The molecular formula is C13H12ClF3N2OS. The third-order valence-corrected chi connectivity index (χ3v) is 4.76. The zero-order valence-electron chi connectivity index (χ0n) is 11.0. The Kier molecular flexibility index (Phi) is 4.07. The van der Waals surface area contributed by atoms with Crippen molar-refractivity contribution >= 4 is 33.2 Å². The predicted molar refractivity (Wildman–Crippen MR) is 75.0 cm³/mol. The second-order valence-corrected chi connectivity index (χ2v) is 6.33. The molecule has 0 radical (unpaired) electrons. The second kappa shape index (κ2) is 5.70. The molecule has 1 aliphatic rings. The molecule has 21 heavy (non-hydrogen) atoms. The Labute approximate surface area is 128 Å². The SMILES string of the molecule is FC(F)(F)COCCc1nc(Cl)c2c3c(sc2n1)CCC3. The fraction of sp³-hybridized carbons (Fsp3) is 0.538. The van der Waals surface area contributed by atoms with Crippen LogP contribution in [0.1, 0.15) is 22.7 Å². The van der Waals surface area contributed by atoms with E-state index in [0.717, 1.165) is 29.5 Å². The summed E-state index contributed by atoms with van der Waals surface area (Å²) >= 11 is 7.81. The Morgan fingerprint density at radius 2 is 2.05 bits per heavy atom. The highest BCUT2D eigenvalue weighted by atomic mass is 35.5. The average molecular weight is 337 g/mol. The van der Waals surface area contributed by atoms with E-state index in [1.165, 1.54) is 10.4 Å². The summed E-state index contributed by atoms with van der Waals surface area (Å²) in [6.07, 6.45) is -0.936. The van der Waals surface area contributed by atoms with Crippen LogP contribution in [0.25, 0.3) is 10.2 Å². The van der Waals surface area contributed by atoms with Crippen LogP contribution in [-0.4, -0.2) is 29.4 Å². The van der Waals surface area contributed by atoms with Gasteiger partial charge in [-0.2, -0.15) is 13.2 Å². The number of aromatic nitrogens is 2. The first kappa shape index (κ1) is 15.0. The monoisotopic (exact) mass is 336 g/mol. The summed E-state index contributed by atoms with van der Waals surface area (Å²) in [5, 5.41) is 1.30. The van der Waals surface area contributed by atoms with Gasteiger partial charge in [-0.1, -0.05) is 11.6 Å². The highest BCUT2D eigenvalue weighted by Crippen LogP contribution is 2.39. The zero-order chi connectivity index (χ0) is 15.0. The van der Waals surface area contributed by atoms with Gasteiger partial charge in [-0.05, 0) is 24.8 Å². The van der Waals surface area contributed by atoms with E-state index in [0.29, 0.717) is 11.0 Å². The number of rotatable bonds is 4. The Balaban J connectivity index is 1.73. The van der Waals surface area contributed by atoms with Gasteiger partial charge < -0.3 is 4.74 Å². The van der Waals surface area contributed by atoms with Crippen molar-refractivity contribution in [3.05, 3.63) is 21.4 Å². The number of aryl methyl sites for hydroxylation is 2. The Hall–Kier alpha value is -0.920. The molecule has 0 atom stereocenters. The minimum absolute atomic E-state index is 0.0769. The van der Waals surface area contributed by atoms with Crippen LogP contribution in [0.5, 0.6) is 0 Å². The maximum absolute atomic E-state index is 12.0. The normalized spacial score (nSPS) is 14.9. The van der Waals surface area contributed by atoms with Crippen molar-refractivity contribution in [1.29, 1.82) is 0 Å².